The molecule has 1 aromatic heterocycles. The summed E-state index contributed by atoms with van der Waals surface area (Å²) in [7, 11) is 0. The van der Waals surface area contributed by atoms with E-state index in [1.807, 2.05) is 11.3 Å². The molecule has 0 saturated heterocycles. The third-order valence-corrected chi connectivity index (χ3v) is 2.70. The van der Waals surface area contributed by atoms with Crippen LogP contribution in [-0.4, -0.2) is 0 Å². The molecular weight excluding hydrogens is 164 g/mol. The molecule has 1 aromatic rings. The van der Waals surface area contributed by atoms with E-state index in [1.54, 1.807) is 0 Å². The van der Waals surface area contributed by atoms with Crippen LogP contribution >= 0.6 is 11.3 Å². The van der Waals surface area contributed by atoms with Crippen LogP contribution in [0.1, 0.15) is 30.5 Å². The molecule has 1 heteroatoms. The fourth-order valence-corrected chi connectivity index (χ4v) is 2.36. The molecule has 0 bridgehead atoms. The lowest BCUT2D eigenvalue weighted by molar-refractivity contribution is 0.654. The summed E-state index contributed by atoms with van der Waals surface area (Å²) in [5.74, 6) is 0.766. The van der Waals surface area contributed by atoms with E-state index in [4.69, 9.17) is 0 Å². The first-order valence-corrected chi connectivity index (χ1v) is 5.25. The van der Waals surface area contributed by atoms with Gasteiger partial charge in [0.15, 0.2) is 0 Å². The highest BCUT2D eigenvalue weighted by Crippen LogP contribution is 2.20. The molecule has 0 aliphatic carbocycles. The Labute approximate surface area is 78.9 Å². The Hall–Kier alpha value is -0.560. The molecule has 0 atom stereocenters. The Balaban J connectivity index is 2.64. The number of hydrogen-bond acceptors (Lipinski definition) is 1. The van der Waals surface area contributed by atoms with Crippen LogP contribution in [0.15, 0.2) is 18.2 Å². The molecule has 66 valence electrons. The summed E-state index contributed by atoms with van der Waals surface area (Å²) in [4.78, 5) is 2.87. The van der Waals surface area contributed by atoms with E-state index in [-0.39, 0.29) is 0 Å². The first-order valence-electron chi connectivity index (χ1n) is 4.43. The van der Waals surface area contributed by atoms with E-state index >= 15 is 0 Å². The van der Waals surface area contributed by atoms with E-state index < -0.39 is 0 Å². The van der Waals surface area contributed by atoms with Gasteiger partial charge in [0.25, 0.3) is 0 Å². The van der Waals surface area contributed by atoms with E-state index in [1.165, 1.54) is 16.2 Å². The standard InChI is InChI=1S/C11H16S/c1-4-5-10-6-7-11(12-10)8-9(2)3/h4-7,9H,8H2,1-3H3/b5-4+. The minimum Gasteiger partial charge on any atom is -0.141 e. The van der Waals surface area contributed by atoms with Gasteiger partial charge in [-0.25, -0.2) is 0 Å². The van der Waals surface area contributed by atoms with Crippen molar-refractivity contribution in [2.24, 2.45) is 5.92 Å². The van der Waals surface area contributed by atoms with Crippen LogP contribution in [0.25, 0.3) is 6.08 Å². The third kappa shape index (κ3) is 2.82. The van der Waals surface area contributed by atoms with Crippen LogP contribution in [-0.2, 0) is 6.42 Å². The summed E-state index contributed by atoms with van der Waals surface area (Å²) in [6.07, 6.45) is 5.46. The fraction of sp³-hybridized carbons (Fsp3) is 0.455. The lowest BCUT2D eigenvalue weighted by Crippen LogP contribution is -1.89. The predicted molar refractivity (Wildman–Crippen MR) is 57.6 cm³/mol. The van der Waals surface area contributed by atoms with E-state index in [0.29, 0.717) is 0 Å². The van der Waals surface area contributed by atoms with E-state index in [9.17, 15) is 0 Å². The average molecular weight is 180 g/mol. The summed E-state index contributed by atoms with van der Waals surface area (Å²) in [5.41, 5.74) is 0. The first-order chi connectivity index (χ1) is 5.72. The second-order valence-corrected chi connectivity index (χ2v) is 4.60. The molecule has 0 fully saturated rings. The van der Waals surface area contributed by atoms with Gasteiger partial charge in [-0.1, -0.05) is 19.9 Å². The largest absolute Gasteiger partial charge is 0.141 e. The maximum atomic E-state index is 2.26. The molecule has 0 N–H and O–H groups in total. The van der Waals surface area contributed by atoms with Crippen molar-refractivity contribution in [2.75, 3.05) is 0 Å². The topological polar surface area (TPSA) is 0 Å². The van der Waals surface area contributed by atoms with Crippen LogP contribution in [0, 0.1) is 5.92 Å². The molecule has 0 radical (unpaired) electrons. The van der Waals surface area contributed by atoms with Crippen molar-refractivity contribution in [3.8, 4) is 0 Å². The van der Waals surface area contributed by atoms with Gasteiger partial charge in [-0.3, -0.25) is 0 Å². The second kappa shape index (κ2) is 4.46. The maximum Gasteiger partial charge on any atom is 0.0269 e. The number of thiophene rings is 1. The Morgan fingerprint density at radius 1 is 1.42 bits per heavy atom. The number of hydrogen-bond donors (Lipinski definition) is 0. The zero-order valence-corrected chi connectivity index (χ0v) is 8.82. The Morgan fingerprint density at radius 2 is 2.17 bits per heavy atom. The highest BCUT2D eigenvalue weighted by Gasteiger charge is 1.99. The molecule has 0 amide bonds. The molecule has 0 nitrogen and oxygen atoms in total. The maximum absolute atomic E-state index is 2.26. The molecule has 1 rings (SSSR count). The molecule has 0 unspecified atom stereocenters. The summed E-state index contributed by atoms with van der Waals surface area (Å²) in [6.45, 7) is 6.58. The summed E-state index contributed by atoms with van der Waals surface area (Å²) in [5, 5.41) is 0. The minimum atomic E-state index is 0.766. The molecular formula is C11H16S. The van der Waals surface area contributed by atoms with Gasteiger partial charge in [0.1, 0.15) is 0 Å². The average Bonchev–Trinajstić information content (AvgIpc) is 2.36. The first kappa shape index (κ1) is 9.53. The van der Waals surface area contributed by atoms with E-state index in [0.717, 1.165) is 5.92 Å². The molecule has 0 aliphatic heterocycles. The summed E-state index contributed by atoms with van der Waals surface area (Å²) >= 11 is 1.90. The fourth-order valence-electron chi connectivity index (χ4n) is 1.16. The van der Waals surface area contributed by atoms with Gasteiger partial charge >= 0.3 is 0 Å². The van der Waals surface area contributed by atoms with Crippen molar-refractivity contribution in [3.63, 3.8) is 0 Å². The zero-order chi connectivity index (χ0) is 8.97. The highest BCUT2D eigenvalue weighted by atomic mass is 32.1. The number of rotatable bonds is 3. The smallest absolute Gasteiger partial charge is 0.0269 e. The predicted octanol–water partition coefficient (Wildman–Crippen LogP) is 3.98. The van der Waals surface area contributed by atoms with Crippen molar-refractivity contribution in [2.45, 2.75) is 27.2 Å². The van der Waals surface area contributed by atoms with Crippen molar-refractivity contribution in [1.82, 2.24) is 0 Å². The van der Waals surface area contributed by atoms with Gasteiger partial charge in [0.05, 0.1) is 0 Å². The van der Waals surface area contributed by atoms with Gasteiger partial charge in [-0.15, -0.1) is 11.3 Å². The SMILES string of the molecule is C/C=C/c1ccc(CC(C)C)s1. The van der Waals surface area contributed by atoms with Crippen LogP contribution in [0.3, 0.4) is 0 Å². The quantitative estimate of drug-likeness (QED) is 0.660. The van der Waals surface area contributed by atoms with Gasteiger partial charge in [0, 0.05) is 9.75 Å². The Bertz CT molecular complexity index is 256. The van der Waals surface area contributed by atoms with Gasteiger partial charge in [-0.05, 0) is 37.5 Å². The minimum absolute atomic E-state index is 0.766. The Morgan fingerprint density at radius 3 is 2.75 bits per heavy atom. The number of allylic oxidation sites excluding steroid dienone is 1. The summed E-state index contributed by atoms with van der Waals surface area (Å²) < 4.78 is 0. The zero-order valence-electron chi connectivity index (χ0n) is 8.00. The highest BCUT2D eigenvalue weighted by molar-refractivity contribution is 7.12. The van der Waals surface area contributed by atoms with Crippen molar-refractivity contribution >= 4 is 17.4 Å². The molecule has 0 aliphatic rings. The second-order valence-electron chi connectivity index (χ2n) is 3.40. The van der Waals surface area contributed by atoms with Crippen LogP contribution in [0.4, 0.5) is 0 Å². The summed E-state index contributed by atoms with van der Waals surface area (Å²) in [6, 6.07) is 4.43. The van der Waals surface area contributed by atoms with Crippen LogP contribution in [0.5, 0.6) is 0 Å². The lowest BCUT2D eigenvalue weighted by Gasteiger charge is -1.99. The normalized spacial score (nSPS) is 11.7. The van der Waals surface area contributed by atoms with Crippen molar-refractivity contribution < 1.29 is 0 Å². The molecule has 0 aromatic carbocycles. The van der Waals surface area contributed by atoms with Crippen LogP contribution < -0.4 is 0 Å². The van der Waals surface area contributed by atoms with Gasteiger partial charge in [0.2, 0.25) is 0 Å². The van der Waals surface area contributed by atoms with Gasteiger partial charge in [-0.2, -0.15) is 0 Å². The van der Waals surface area contributed by atoms with Gasteiger partial charge < -0.3 is 0 Å². The molecule has 0 spiro atoms. The molecule has 0 saturated carbocycles. The molecule has 1 heterocycles. The van der Waals surface area contributed by atoms with Crippen molar-refractivity contribution in [3.05, 3.63) is 28.0 Å². The monoisotopic (exact) mass is 180 g/mol. The van der Waals surface area contributed by atoms with E-state index in [2.05, 4.69) is 45.1 Å². The third-order valence-electron chi connectivity index (χ3n) is 1.62. The van der Waals surface area contributed by atoms with Crippen LogP contribution in [0.2, 0.25) is 0 Å². The molecule has 12 heavy (non-hydrogen) atoms. The van der Waals surface area contributed by atoms with Crippen molar-refractivity contribution in [1.29, 1.82) is 0 Å². The lowest BCUT2D eigenvalue weighted by atomic mass is 10.1. The Kier molecular flexibility index (Phi) is 3.54.